The molecule has 0 aliphatic heterocycles. The molecular weight excluding hydrogens is 481 g/mol. The van der Waals surface area contributed by atoms with Crippen LogP contribution in [0, 0.1) is 17.1 Å². The van der Waals surface area contributed by atoms with Gasteiger partial charge in [-0.15, -0.1) is 0 Å². The summed E-state index contributed by atoms with van der Waals surface area (Å²) in [5, 5.41) is 12.5. The smallest absolute Gasteiger partial charge is 0.311 e. The van der Waals surface area contributed by atoms with Crippen molar-refractivity contribution in [2.45, 2.75) is 57.8 Å². The molecule has 5 nitrogen and oxygen atoms in total. The second kappa shape index (κ2) is 13.3. The fourth-order valence-electron chi connectivity index (χ4n) is 4.40. The first-order valence-corrected chi connectivity index (χ1v) is 13.0. The van der Waals surface area contributed by atoms with Crippen LogP contribution in [0.15, 0.2) is 72.8 Å². The van der Waals surface area contributed by atoms with E-state index in [1.165, 1.54) is 12.1 Å². The third-order valence-electron chi connectivity index (χ3n) is 6.44. The zero-order valence-electron chi connectivity index (χ0n) is 21.3. The minimum Gasteiger partial charge on any atom is -0.427 e. The predicted molar refractivity (Wildman–Crippen MR) is 145 cm³/mol. The third-order valence-corrected chi connectivity index (χ3v) is 6.44. The number of esters is 2. The maximum Gasteiger partial charge on any atom is 0.311 e. The second-order valence-corrected chi connectivity index (χ2v) is 9.41. The average molecular weight is 512 g/mol. The summed E-state index contributed by atoms with van der Waals surface area (Å²) in [6.07, 6.45) is 7.32. The van der Waals surface area contributed by atoms with Crippen LogP contribution in [0.25, 0.3) is 21.5 Å². The Morgan fingerprint density at radius 1 is 0.605 bits per heavy atom. The molecule has 0 aliphatic carbocycles. The minimum absolute atomic E-state index is 0.241. The van der Waals surface area contributed by atoms with Crippen molar-refractivity contribution in [2.24, 2.45) is 0 Å². The van der Waals surface area contributed by atoms with E-state index in [2.05, 4.69) is 6.07 Å². The monoisotopic (exact) mass is 511 g/mol. The number of hydrogen-bond acceptors (Lipinski definition) is 5. The van der Waals surface area contributed by atoms with Gasteiger partial charge in [0, 0.05) is 12.8 Å². The molecule has 0 atom stereocenters. The van der Waals surface area contributed by atoms with E-state index in [1.807, 2.05) is 24.3 Å². The SMILES string of the molecule is N#Cc1ccc2cc(OC(=O)CCCCCCCCCC(=O)Oc3ccc4cc(F)ccc4c3)ccc2c1. The first-order valence-electron chi connectivity index (χ1n) is 13.0. The molecule has 6 heteroatoms. The Labute approximate surface area is 221 Å². The van der Waals surface area contributed by atoms with E-state index in [1.54, 1.807) is 36.4 Å². The molecule has 0 bridgehead atoms. The van der Waals surface area contributed by atoms with E-state index in [9.17, 15) is 14.0 Å². The van der Waals surface area contributed by atoms with Crippen molar-refractivity contribution < 1.29 is 23.5 Å². The molecule has 0 heterocycles. The lowest BCUT2D eigenvalue weighted by molar-refractivity contribution is -0.135. The summed E-state index contributed by atoms with van der Waals surface area (Å²) in [5.74, 6) is 0.196. The number of unbranched alkanes of at least 4 members (excludes halogenated alkanes) is 6. The highest BCUT2D eigenvalue weighted by Gasteiger charge is 2.08. The van der Waals surface area contributed by atoms with Gasteiger partial charge in [-0.2, -0.15) is 5.26 Å². The highest BCUT2D eigenvalue weighted by molar-refractivity contribution is 5.86. The Balaban J connectivity index is 1.04. The first kappa shape index (κ1) is 26.8. The number of ether oxygens (including phenoxy) is 2. The number of nitrogens with zero attached hydrogens (tertiary/aromatic N) is 1. The van der Waals surface area contributed by atoms with Crippen LogP contribution < -0.4 is 9.47 Å². The van der Waals surface area contributed by atoms with Crippen LogP contribution in [0.2, 0.25) is 0 Å². The molecule has 0 radical (unpaired) electrons. The number of nitriles is 1. The first-order chi connectivity index (χ1) is 18.5. The highest BCUT2D eigenvalue weighted by atomic mass is 19.1. The van der Waals surface area contributed by atoms with Gasteiger partial charge in [-0.05, 0) is 82.9 Å². The van der Waals surface area contributed by atoms with Crippen molar-refractivity contribution in [1.82, 2.24) is 0 Å². The van der Waals surface area contributed by atoms with Crippen LogP contribution in [0.3, 0.4) is 0 Å². The number of carbonyl (C=O) groups excluding carboxylic acids is 2. The zero-order chi connectivity index (χ0) is 26.7. The molecule has 194 valence electrons. The largest absolute Gasteiger partial charge is 0.427 e. The number of benzene rings is 4. The Hall–Kier alpha value is -4.24. The van der Waals surface area contributed by atoms with Crippen LogP contribution in [-0.2, 0) is 9.59 Å². The van der Waals surface area contributed by atoms with E-state index in [-0.39, 0.29) is 17.8 Å². The van der Waals surface area contributed by atoms with Gasteiger partial charge in [0.25, 0.3) is 0 Å². The van der Waals surface area contributed by atoms with Gasteiger partial charge >= 0.3 is 11.9 Å². The van der Waals surface area contributed by atoms with Crippen molar-refractivity contribution in [3.63, 3.8) is 0 Å². The van der Waals surface area contributed by atoms with Gasteiger partial charge in [0.15, 0.2) is 0 Å². The lowest BCUT2D eigenvalue weighted by Crippen LogP contribution is -2.07. The van der Waals surface area contributed by atoms with E-state index in [4.69, 9.17) is 14.7 Å². The summed E-state index contributed by atoms with van der Waals surface area (Å²) in [6, 6.07) is 22.6. The standard InChI is InChI=1S/C32H30FNO4/c33-28-15-12-27-21-30(17-14-25(27)19-28)38-32(36)9-7-5-3-1-2-4-6-8-31(35)37-29-16-13-24-18-23(22-34)10-11-26(24)20-29/h10-21H,1-9H2. The number of rotatable bonds is 12. The van der Waals surface area contributed by atoms with Gasteiger partial charge in [-0.3, -0.25) is 9.59 Å². The summed E-state index contributed by atoms with van der Waals surface area (Å²) in [4.78, 5) is 24.3. The van der Waals surface area contributed by atoms with Gasteiger partial charge < -0.3 is 9.47 Å². The lowest BCUT2D eigenvalue weighted by atomic mass is 10.1. The molecule has 0 saturated carbocycles. The van der Waals surface area contributed by atoms with Crippen molar-refractivity contribution in [3.8, 4) is 17.6 Å². The van der Waals surface area contributed by atoms with Crippen LogP contribution in [-0.4, -0.2) is 11.9 Å². The molecule has 4 aromatic rings. The maximum absolute atomic E-state index is 13.3. The van der Waals surface area contributed by atoms with Crippen molar-refractivity contribution in [2.75, 3.05) is 0 Å². The molecule has 0 unspecified atom stereocenters. The van der Waals surface area contributed by atoms with Crippen LogP contribution in [0.1, 0.15) is 63.4 Å². The molecule has 38 heavy (non-hydrogen) atoms. The van der Waals surface area contributed by atoms with Crippen LogP contribution in [0.5, 0.6) is 11.5 Å². The summed E-state index contributed by atoms with van der Waals surface area (Å²) in [6.45, 7) is 0. The van der Waals surface area contributed by atoms with Gasteiger partial charge in [0.1, 0.15) is 17.3 Å². The van der Waals surface area contributed by atoms with Gasteiger partial charge in [0.05, 0.1) is 11.6 Å². The lowest BCUT2D eigenvalue weighted by Gasteiger charge is -2.07. The average Bonchev–Trinajstić information content (AvgIpc) is 2.92. The van der Waals surface area contributed by atoms with Gasteiger partial charge in [-0.25, -0.2) is 4.39 Å². The van der Waals surface area contributed by atoms with Gasteiger partial charge in [0.2, 0.25) is 0 Å². The van der Waals surface area contributed by atoms with Crippen molar-refractivity contribution in [3.05, 3.63) is 84.2 Å². The number of carbonyl (C=O) groups is 2. The third kappa shape index (κ3) is 7.88. The van der Waals surface area contributed by atoms with E-state index < -0.39 is 0 Å². The molecule has 0 aliphatic rings. The molecule has 0 aromatic heterocycles. The number of hydrogen-bond donors (Lipinski definition) is 0. The zero-order valence-corrected chi connectivity index (χ0v) is 21.3. The van der Waals surface area contributed by atoms with Crippen molar-refractivity contribution in [1.29, 1.82) is 5.26 Å². The molecule has 4 aromatic carbocycles. The Morgan fingerprint density at radius 2 is 1.05 bits per heavy atom. The van der Waals surface area contributed by atoms with Crippen LogP contribution in [0.4, 0.5) is 4.39 Å². The number of halogens is 1. The molecule has 0 amide bonds. The van der Waals surface area contributed by atoms with E-state index in [0.717, 1.165) is 66.5 Å². The van der Waals surface area contributed by atoms with Gasteiger partial charge in [-0.1, -0.05) is 56.4 Å². The molecule has 0 spiro atoms. The molecular formula is C32H30FNO4. The molecule has 4 rings (SSSR count). The highest BCUT2D eigenvalue weighted by Crippen LogP contribution is 2.24. The summed E-state index contributed by atoms with van der Waals surface area (Å²) >= 11 is 0. The Morgan fingerprint density at radius 3 is 1.61 bits per heavy atom. The quantitative estimate of drug-likeness (QED) is 0.109. The second-order valence-electron chi connectivity index (χ2n) is 9.41. The Kier molecular flexibility index (Phi) is 9.42. The van der Waals surface area contributed by atoms with Crippen molar-refractivity contribution >= 4 is 33.5 Å². The fraction of sp³-hybridized carbons (Fsp3) is 0.281. The summed E-state index contributed by atoms with van der Waals surface area (Å²) in [7, 11) is 0. The Bertz CT molecular complexity index is 1470. The fourth-order valence-corrected chi connectivity index (χ4v) is 4.40. The number of fused-ring (bicyclic) bond motifs is 2. The topological polar surface area (TPSA) is 76.4 Å². The summed E-state index contributed by atoms with van der Waals surface area (Å²) in [5.41, 5.74) is 0.599. The molecule has 0 saturated heterocycles. The summed E-state index contributed by atoms with van der Waals surface area (Å²) < 4.78 is 24.2. The van der Waals surface area contributed by atoms with E-state index >= 15 is 0 Å². The molecule has 0 N–H and O–H groups in total. The maximum atomic E-state index is 13.3. The minimum atomic E-state index is -0.292. The van der Waals surface area contributed by atoms with E-state index in [0.29, 0.717) is 29.9 Å². The molecule has 0 fully saturated rings. The normalized spacial score (nSPS) is 10.8. The predicted octanol–water partition coefficient (Wildman–Crippen LogP) is 8.03. The van der Waals surface area contributed by atoms with Crippen LogP contribution >= 0.6 is 0 Å².